The van der Waals surface area contributed by atoms with E-state index in [-0.39, 0.29) is 5.56 Å². The minimum atomic E-state index is -4.90. The van der Waals surface area contributed by atoms with Crippen molar-refractivity contribution < 1.29 is 51.3 Å². The summed E-state index contributed by atoms with van der Waals surface area (Å²) < 4.78 is 81.2. The van der Waals surface area contributed by atoms with Crippen LogP contribution in [0.15, 0.2) is 40.1 Å². The number of nitrogens with zero attached hydrogens (tertiary/aromatic N) is 2. The van der Waals surface area contributed by atoms with Crippen LogP contribution >= 0.6 is 0 Å². The molecule has 3 aromatic carbocycles. The SMILES string of the molecule is O=S(=O)(O)c1ccc(C2=c3cc4c5c(c3Oc3c2cc2c6c3CCCN6CCC2)CCC[N+]=5CCC4)c(S(=O)(=O)NC2C(O)OC(CO)[C@H](O)[C@H]2O)c1. The number of benzene rings is 3. The zero-order valence-electron chi connectivity index (χ0n) is 28.9. The molecule has 6 aliphatic rings. The molecular weight excluding hydrogens is 727 g/mol. The molecule has 282 valence electrons. The number of fused-ring (bicyclic) bond motifs is 4. The summed E-state index contributed by atoms with van der Waals surface area (Å²) in [6.07, 6.45) is -0.0999. The molecule has 0 amide bonds. The third kappa shape index (κ3) is 5.64. The average Bonchev–Trinajstić information content (AvgIpc) is 3.14. The third-order valence-electron chi connectivity index (χ3n) is 11.7. The largest absolute Gasteiger partial charge is 0.455 e. The molecule has 0 saturated carbocycles. The lowest BCUT2D eigenvalue weighted by molar-refractivity contribution is -0.251. The van der Waals surface area contributed by atoms with Gasteiger partial charge in [0.2, 0.25) is 15.4 Å². The number of rotatable bonds is 6. The summed E-state index contributed by atoms with van der Waals surface area (Å²) in [5.74, 6) is 1.28. The van der Waals surface area contributed by atoms with Gasteiger partial charge in [0.05, 0.1) is 22.0 Å². The minimum absolute atomic E-state index is 0.122. The highest BCUT2D eigenvalue weighted by atomic mass is 32.2. The zero-order chi connectivity index (χ0) is 37.0. The lowest BCUT2D eigenvalue weighted by Gasteiger charge is -2.40. The Labute approximate surface area is 306 Å². The van der Waals surface area contributed by atoms with Crippen molar-refractivity contribution in [1.29, 1.82) is 0 Å². The average molecular weight is 769 g/mol. The molecule has 0 radical (unpaired) electrons. The first kappa shape index (κ1) is 35.3. The fourth-order valence-electron chi connectivity index (χ4n) is 9.36. The Morgan fingerprint density at radius 1 is 0.830 bits per heavy atom. The molecule has 0 spiro atoms. The van der Waals surface area contributed by atoms with Crippen LogP contribution in [0, 0.1) is 0 Å². The standard InChI is InChI=1S/C37H41N3O11S2/c41-18-27-33(42)34(43)30(37(44)50-27)38-52(45,46)28-17-21(53(47,48)49)9-10-22(28)29-25-15-19-5-1-11-39-13-3-7-23(31(19)39)35(25)51-36-24-8-4-14-40-12-2-6-20(32(24)40)16-26(29)36/h9-10,15-17,27,30,33-34,37-38,41-44H,1-8,11-14,18H2/p+1/t27?,30?,33-,34-,37?/m0/s1. The molecule has 6 heterocycles. The van der Waals surface area contributed by atoms with Crippen LogP contribution in [0.4, 0.5) is 5.69 Å². The molecule has 9 rings (SSSR count). The zero-order valence-corrected chi connectivity index (χ0v) is 30.5. The molecule has 6 N–H and O–H groups in total. The Bertz CT molecular complexity index is 2410. The Morgan fingerprint density at radius 2 is 1.55 bits per heavy atom. The summed E-state index contributed by atoms with van der Waals surface area (Å²) in [5, 5.41) is 43.5. The van der Waals surface area contributed by atoms with Gasteiger partial charge in [-0.1, -0.05) is 6.07 Å². The Hall–Kier alpha value is -3.45. The van der Waals surface area contributed by atoms with E-state index in [0.29, 0.717) is 27.9 Å². The number of ether oxygens (including phenoxy) is 2. The van der Waals surface area contributed by atoms with Crippen molar-refractivity contribution in [3.05, 3.63) is 74.3 Å². The van der Waals surface area contributed by atoms with Gasteiger partial charge in [0, 0.05) is 64.7 Å². The van der Waals surface area contributed by atoms with Crippen LogP contribution in [0.25, 0.3) is 5.57 Å². The fraction of sp³-hybridized carbons (Fsp3) is 0.486. The van der Waals surface area contributed by atoms with Crippen molar-refractivity contribution in [3.8, 4) is 11.5 Å². The van der Waals surface area contributed by atoms with E-state index in [1.54, 1.807) is 0 Å². The monoisotopic (exact) mass is 768 g/mol. The molecule has 3 aromatic rings. The number of aliphatic hydroxyl groups is 4. The van der Waals surface area contributed by atoms with Crippen LogP contribution in [0.1, 0.15) is 59.1 Å². The van der Waals surface area contributed by atoms with Crippen LogP contribution in [0.3, 0.4) is 0 Å². The van der Waals surface area contributed by atoms with Crippen LogP contribution in [-0.2, 0) is 50.6 Å². The van der Waals surface area contributed by atoms with Gasteiger partial charge in [0.25, 0.3) is 10.1 Å². The second kappa shape index (κ2) is 12.8. The van der Waals surface area contributed by atoms with E-state index >= 15 is 0 Å². The lowest BCUT2D eigenvalue weighted by Crippen LogP contribution is -2.64. The molecule has 53 heavy (non-hydrogen) atoms. The first-order chi connectivity index (χ1) is 25.4. The number of aliphatic hydroxyl groups excluding tert-OH is 4. The molecule has 5 atom stereocenters. The normalized spacial score (nSPS) is 26.3. The summed E-state index contributed by atoms with van der Waals surface area (Å²) in [6, 6.07) is 5.71. The number of hydrogen-bond acceptors (Lipinski definition) is 11. The van der Waals surface area contributed by atoms with E-state index < -0.39 is 67.2 Å². The molecule has 0 bridgehead atoms. The van der Waals surface area contributed by atoms with E-state index in [0.717, 1.165) is 123 Å². The topological polar surface area (TPSA) is 206 Å². The van der Waals surface area contributed by atoms with Gasteiger partial charge in [0.15, 0.2) is 6.29 Å². The van der Waals surface area contributed by atoms with E-state index in [2.05, 4.69) is 26.3 Å². The van der Waals surface area contributed by atoms with Gasteiger partial charge >= 0.3 is 0 Å². The number of nitrogens with one attached hydrogen (secondary N) is 1. The molecule has 3 unspecified atom stereocenters. The highest BCUT2D eigenvalue weighted by Gasteiger charge is 2.46. The summed E-state index contributed by atoms with van der Waals surface area (Å²) in [4.78, 5) is 1.18. The summed E-state index contributed by atoms with van der Waals surface area (Å²) in [7, 11) is -9.78. The molecule has 6 aliphatic heterocycles. The maximum atomic E-state index is 14.6. The van der Waals surface area contributed by atoms with Gasteiger partial charge in [-0.25, -0.2) is 17.7 Å². The smallest absolute Gasteiger partial charge is 0.294 e. The number of anilines is 1. The van der Waals surface area contributed by atoms with E-state index in [9.17, 15) is 41.8 Å². The summed E-state index contributed by atoms with van der Waals surface area (Å²) in [5.41, 5.74) is 6.82. The fourth-order valence-corrected chi connectivity index (χ4v) is 11.4. The highest BCUT2D eigenvalue weighted by molar-refractivity contribution is 7.89. The van der Waals surface area contributed by atoms with Gasteiger partial charge in [0.1, 0.15) is 48.9 Å². The Balaban J connectivity index is 1.34. The molecule has 1 fully saturated rings. The molecule has 16 heteroatoms. The van der Waals surface area contributed by atoms with Crippen molar-refractivity contribution in [3.63, 3.8) is 0 Å². The van der Waals surface area contributed by atoms with E-state index in [1.807, 2.05) is 0 Å². The van der Waals surface area contributed by atoms with Gasteiger partial charge in [-0.15, -0.1) is 0 Å². The van der Waals surface area contributed by atoms with Crippen LogP contribution < -0.4 is 29.5 Å². The van der Waals surface area contributed by atoms with Crippen LogP contribution in [0.2, 0.25) is 0 Å². The third-order valence-corrected chi connectivity index (χ3v) is 14.0. The van der Waals surface area contributed by atoms with Crippen LogP contribution in [0.5, 0.6) is 11.5 Å². The first-order valence-electron chi connectivity index (χ1n) is 18.2. The first-order valence-corrected chi connectivity index (χ1v) is 21.2. The summed E-state index contributed by atoms with van der Waals surface area (Å²) >= 11 is 0. The van der Waals surface area contributed by atoms with Gasteiger partial charge in [-0.05, 0) is 68.4 Å². The summed E-state index contributed by atoms with van der Waals surface area (Å²) in [6.45, 7) is 2.98. The van der Waals surface area contributed by atoms with Crippen molar-refractivity contribution in [2.45, 2.75) is 91.8 Å². The molecular formula is C37H42N3O11S2+. The second-order valence-corrected chi connectivity index (χ2v) is 18.0. The number of sulfonamides is 1. The van der Waals surface area contributed by atoms with Crippen molar-refractivity contribution in [2.24, 2.45) is 0 Å². The molecule has 14 nitrogen and oxygen atoms in total. The molecule has 0 aliphatic carbocycles. The quantitative estimate of drug-likeness (QED) is 0.108. The maximum absolute atomic E-state index is 14.6. The van der Waals surface area contributed by atoms with E-state index in [1.165, 1.54) is 6.07 Å². The second-order valence-electron chi connectivity index (χ2n) is 14.9. The predicted octanol–water partition coefficient (Wildman–Crippen LogP) is -0.553. The van der Waals surface area contributed by atoms with Crippen LogP contribution in [-0.4, -0.2) is 105 Å². The molecule has 1 saturated heterocycles. The molecule has 0 aromatic heterocycles. The van der Waals surface area contributed by atoms with Crippen molar-refractivity contribution >= 4 is 31.4 Å². The van der Waals surface area contributed by atoms with Crippen molar-refractivity contribution in [1.82, 2.24) is 9.30 Å². The van der Waals surface area contributed by atoms with E-state index in [4.69, 9.17) is 9.47 Å². The van der Waals surface area contributed by atoms with Gasteiger partial charge < -0.3 is 34.8 Å². The minimum Gasteiger partial charge on any atom is -0.455 e. The van der Waals surface area contributed by atoms with Crippen molar-refractivity contribution in [2.75, 3.05) is 37.7 Å². The van der Waals surface area contributed by atoms with Gasteiger partial charge in [-0.2, -0.15) is 8.42 Å². The number of aryl methyl sites for hydroxylation is 2. The highest BCUT2D eigenvalue weighted by Crippen LogP contribution is 2.49. The van der Waals surface area contributed by atoms with Gasteiger partial charge in [-0.3, -0.25) is 4.55 Å². The predicted molar refractivity (Wildman–Crippen MR) is 191 cm³/mol. The maximum Gasteiger partial charge on any atom is 0.294 e. The Morgan fingerprint density at radius 3 is 2.30 bits per heavy atom. The lowest BCUT2D eigenvalue weighted by atomic mass is 9.82. The number of hydrogen-bond donors (Lipinski definition) is 6. The Kier molecular flexibility index (Phi) is 8.53.